The van der Waals surface area contributed by atoms with Crippen LogP contribution in [0.2, 0.25) is 0 Å². The summed E-state index contributed by atoms with van der Waals surface area (Å²) < 4.78 is 28.7. The number of aliphatic hydroxyl groups excluding tert-OH is 1. The molecule has 1 aliphatic carbocycles. The Morgan fingerprint density at radius 3 is 2.31 bits per heavy atom. The van der Waals surface area contributed by atoms with Crippen LogP contribution in [-0.4, -0.2) is 82.3 Å². The molecule has 45 heavy (non-hydrogen) atoms. The second-order valence-corrected chi connectivity index (χ2v) is 15.1. The van der Waals surface area contributed by atoms with Gasteiger partial charge in [-0.15, -0.1) is 0 Å². The number of aliphatic hydroxyl groups is 1. The Kier molecular flexibility index (Phi) is 10.9. The first-order valence-electron chi connectivity index (χ1n) is 15.4. The van der Waals surface area contributed by atoms with Gasteiger partial charge in [0.05, 0.1) is 26.9 Å². The van der Waals surface area contributed by atoms with Crippen molar-refractivity contribution in [3.05, 3.63) is 74.3 Å². The Morgan fingerprint density at radius 1 is 1.04 bits per heavy atom. The zero-order valence-electron chi connectivity index (χ0n) is 26.0. The highest BCUT2D eigenvalue weighted by Crippen LogP contribution is 2.39. The van der Waals surface area contributed by atoms with Crippen LogP contribution in [-0.2, 0) is 21.2 Å². The van der Waals surface area contributed by atoms with Crippen molar-refractivity contribution in [2.45, 2.75) is 81.9 Å². The average Bonchev–Trinajstić information content (AvgIpc) is 2.98. The summed E-state index contributed by atoms with van der Waals surface area (Å²) in [5.74, 6) is 0.718. The number of nitrogens with zero attached hydrogens (tertiary/aromatic N) is 4. The molecule has 1 saturated carbocycles. The lowest BCUT2D eigenvalue weighted by Gasteiger charge is -2.46. The molecule has 1 amide bonds. The van der Waals surface area contributed by atoms with E-state index in [9.17, 15) is 38.5 Å². The number of sulfonamides is 1. The van der Waals surface area contributed by atoms with Gasteiger partial charge in [0.25, 0.3) is 11.4 Å². The number of piperidine rings is 1. The van der Waals surface area contributed by atoms with Gasteiger partial charge in [0, 0.05) is 56.0 Å². The summed E-state index contributed by atoms with van der Waals surface area (Å²) in [6.45, 7) is 6.06. The molecule has 0 spiro atoms. The number of likely N-dealkylation sites (tertiary alicyclic amines) is 1. The lowest BCUT2D eigenvalue weighted by molar-refractivity contribution is -0.385. The Balaban J connectivity index is 1.57. The molecule has 0 radical (unpaired) electrons. The second-order valence-electron chi connectivity index (χ2n) is 13.2. The summed E-state index contributed by atoms with van der Waals surface area (Å²) >= 11 is 0. The fraction of sp³-hybridized carbons (Fsp3) is 0.581. The first-order chi connectivity index (χ1) is 21.1. The molecule has 246 valence electrons. The van der Waals surface area contributed by atoms with E-state index >= 15 is 0 Å². The Bertz CT molecular complexity index is 1480. The van der Waals surface area contributed by atoms with Gasteiger partial charge in [-0.05, 0) is 69.6 Å². The van der Waals surface area contributed by atoms with E-state index in [1.807, 2.05) is 25.7 Å². The van der Waals surface area contributed by atoms with Crippen molar-refractivity contribution in [1.82, 2.24) is 14.5 Å². The van der Waals surface area contributed by atoms with Gasteiger partial charge in [0.1, 0.15) is 0 Å². The second kappa shape index (κ2) is 14.3. The highest BCUT2D eigenvalue weighted by atomic mass is 32.2. The molecule has 1 aliphatic heterocycles. The number of hydrogen-bond acceptors (Lipinski definition) is 9. The van der Waals surface area contributed by atoms with E-state index < -0.39 is 37.6 Å². The number of nitro benzene ring substituents is 2. The molecule has 14 heteroatoms. The van der Waals surface area contributed by atoms with Crippen molar-refractivity contribution >= 4 is 27.3 Å². The van der Waals surface area contributed by atoms with Crippen LogP contribution in [0, 0.1) is 32.1 Å². The van der Waals surface area contributed by atoms with Crippen molar-refractivity contribution in [3.63, 3.8) is 0 Å². The molecular formula is C31H43N5O8S. The van der Waals surface area contributed by atoms with Crippen molar-refractivity contribution in [1.29, 1.82) is 0 Å². The number of rotatable bonds is 12. The van der Waals surface area contributed by atoms with E-state index in [0.29, 0.717) is 30.4 Å². The minimum atomic E-state index is -4.23. The molecular weight excluding hydrogens is 602 g/mol. The summed E-state index contributed by atoms with van der Waals surface area (Å²) in [6, 6.07) is 9.97. The molecule has 2 aromatic carbocycles. The van der Waals surface area contributed by atoms with Gasteiger partial charge in [0.2, 0.25) is 15.9 Å². The van der Waals surface area contributed by atoms with E-state index in [4.69, 9.17) is 0 Å². The van der Waals surface area contributed by atoms with Crippen LogP contribution in [0.4, 0.5) is 11.4 Å². The zero-order valence-corrected chi connectivity index (χ0v) is 26.8. The zero-order chi connectivity index (χ0) is 32.9. The van der Waals surface area contributed by atoms with Gasteiger partial charge in [-0.25, -0.2) is 8.42 Å². The van der Waals surface area contributed by atoms with Crippen molar-refractivity contribution in [2.24, 2.45) is 11.8 Å². The number of nitrogens with one attached hydrogen (secondary N) is 1. The lowest BCUT2D eigenvalue weighted by atomic mass is 9.72. The van der Waals surface area contributed by atoms with Crippen LogP contribution in [0.1, 0.15) is 58.4 Å². The van der Waals surface area contributed by atoms with Crippen molar-refractivity contribution < 1.29 is 28.2 Å². The maximum Gasteiger partial charge on any atom is 0.269 e. The first kappa shape index (κ1) is 34.4. The summed E-state index contributed by atoms with van der Waals surface area (Å²) in [6.07, 6.45) is 4.02. The molecule has 4 rings (SSSR count). The SMILES string of the molecule is CC(C)(C)NC(=O)[C@@H]1C[C@@H]2CCCC[C@@H]2CN1C[C@@H](O)CN(CCc1cccc([N+](=O)[O-])c1)S(=O)(=O)c1ccc([N+](=O)[O-])cc1. The minimum Gasteiger partial charge on any atom is -0.390 e. The largest absolute Gasteiger partial charge is 0.390 e. The Labute approximate surface area is 264 Å². The van der Waals surface area contributed by atoms with Crippen LogP contribution in [0.3, 0.4) is 0 Å². The molecule has 2 fully saturated rings. The molecule has 0 aromatic heterocycles. The summed E-state index contributed by atoms with van der Waals surface area (Å²) in [4.78, 5) is 36.5. The number of carbonyl (C=O) groups excluding carboxylic acids is 1. The number of β-amino-alcohol motifs (C(OH)–C–C–N with tert-alkyl or cyclic N) is 1. The summed E-state index contributed by atoms with van der Waals surface area (Å²) in [5.41, 5.74) is -0.279. The normalized spacial score (nSPS) is 21.6. The average molecular weight is 646 g/mol. The standard InChI is InChI=1S/C31H43N5O8S/c1-31(2,3)32-30(38)29-18-23-8-4-5-9-24(23)19-33(29)20-27(37)21-34(16-15-22-7-6-10-26(17-22)36(41)42)45(43,44)28-13-11-25(12-14-28)35(39)40/h6-7,10-14,17,23-24,27,29,37H,4-5,8-9,15-16,18-21H2,1-3H3,(H,32,38)/t23-,24+,27+,29-/m0/s1. The topological polar surface area (TPSA) is 176 Å². The molecule has 0 unspecified atom stereocenters. The third-order valence-corrected chi connectivity index (χ3v) is 10.5. The van der Waals surface area contributed by atoms with Crippen LogP contribution < -0.4 is 5.32 Å². The maximum absolute atomic E-state index is 13.8. The van der Waals surface area contributed by atoms with Crippen LogP contribution >= 0.6 is 0 Å². The molecule has 1 heterocycles. The highest BCUT2D eigenvalue weighted by Gasteiger charge is 2.41. The van der Waals surface area contributed by atoms with Crippen LogP contribution in [0.15, 0.2) is 53.4 Å². The van der Waals surface area contributed by atoms with E-state index in [2.05, 4.69) is 5.32 Å². The number of amides is 1. The molecule has 13 nitrogen and oxygen atoms in total. The first-order valence-corrected chi connectivity index (χ1v) is 16.8. The quantitative estimate of drug-likeness (QED) is 0.256. The van der Waals surface area contributed by atoms with Gasteiger partial charge in [0.15, 0.2) is 0 Å². The third kappa shape index (κ3) is 9.06. The summed E-state index contributed by atoms with van der Waals surface area (Å²) in [7, 11) is -4.23. The fourth-order valence-electron chi connectivity index (χ4n) is 6.47. The van der Waals surface area contributed by atoms with Crippen LogP contribution in [0.25, 0.3) is 0 Å². The van der Waals surface area contributed by atoms with Gasteiger partial charge < -0.3 is 10.4 Å². The summed E-state index contributed by atoms with van der Waals surface area (Å²) in [5, 5.41) is 36.9. The molecule has 2 aliphatic rings. The van der Waals surface area contributed by atoms with Crippen LogP contribution in [0.5, 0.6) is 0 Å². The van der Waals surface area contributed by atoms with E-state index in [1.165, 1.54) is 18.2 Å². The highest BCUT2D eigenvalue weighted by molar-refractivity contribution is 7.89. The maximum atomic E-state index is 13.8. The number of fused-ring (bicyclic) bond motifs is 1. The third-order valence-electron chi connectivity index (χ3n) is 8.62. The number of carbonyl (C=O) groups is 1. The monoisotopic (exact) mass is 645 g/mol. The molecule has 4 atom stereocenters. The van der Waals surface area contributed by atoms with Crippen molar-refractivity contribution in [3.8, 4) is 0 Å². The van der Waals surface area contributed by atoms with Gasteiger partial charge >= 0.3 is 0 Å². The number of non-ortho nitro benzene ring substituents is 2. The molecule has 2 N–H and O–H groups in total. The number of hydrogen-bond donors (Lipinski definition) is 2. The van der Waals surface area contributed by atoms with E-state index in [-0.39, 0.29) is 48.2 Å². The van der Waals surface area contributed by atoms with E-state index in [1.54, 1.807) is 6.07 Å². The fourth-order valence-corrected chi connectivity index (χ4v) is 7.95. The number of nitro groups is 2. The Morgan fingerprint density at radius 2 is 1.69 bits per heavy atom. The Hall–Kier alpha value is -3.46. The van der Waals surface area contributed by atoms with Crippen molar-refractivity contribution in [2.75, 3.05) is 26.2 Å². The molecule has 1 saturated heterocycles. The molecule has 2 aromatic rings. The number of benzene rings is 2. The van der Waals surface area contributed by atoms with Gasteiger partial charge in [-0.3, -0.25) is 29.9 Å². The smallest absolute Gasteiger partial charge is 0.269 e. The lowest BCUT2D eigenvalue weighted by Crippen LogP contribution is -2.59. The minimum absolute atomic E-state index is 0.0779. The predicted molar refractivity (Wildman–Crippen MR) is 168 cm³/mol. The molecule has 0 bridgehead atoms. The predicted octanol–water partition coefficient (Wildman–Crippen LogP) is 3.89. The van der Waals surface area contributed by atoms with E-state index in [0.717, 1.165) is 54.3 Å². The van der Waals surface area contributed by atoms with Gasteiger partial charge in [-0.1, -0.05) is 31.4 Å². The van der Waals surface area contributed by atoms with Gasteiger partial charge in [-0.2, -0.15) is 4.31 Å².